The van der Waals surface area contributed by atoms with Gasteiger partial charge in [-0.2, -0.15) is 0 Å². The van der Waals surface area contributed by atoms with E-state index in [-0.39, 0.29) is 18.0 Å². The number of rotatable bonds is 5. The molecule has 0 aliphatic heterocycles. The van der Waals surface area contributed by atoms with E-state index in [2.05, 4.69) is 20.9 Å². The summed E-state index contributed by atoms with van der Waals surface area (Å²) in [5, 5.41) is 9.49. The number of aromatic nitrogens is 1. The van der Waals surface area contributed by atoms with Crippen molar-refractivity contribution < 1.29 is 9.59 Å². The summed E-state index contributed by atoms with van der Waals surface area (Å²) in [5.74, 6) is -0.195. The molecule has 0 saturated carbocycles. The van der Waals surface area contributed by atoms with Gasteiger partial charge < -0.3 is 16.0 Å². The van der Waals surface area contributed by atoms with Crippen molar-refractivity contribution in [2.24, 2.45) is 0 Å². The smallest absolute Gasteiger partial charge is 0.315 e. The van der Waals surface area contributed by atoms with Crippen molar-refractivity contribution in [1.29, 1.82) is 0 Å². The molecule has 7 heteroatoms. The van der Waals surface area contributed by atoms with Crippen LogP contribution in [0.5, 0.6) is 0 Å². The molecule has 1 atom stereocenters. The number of nitrogens with zero attached hydrogens (tertiary/aromatic N) is 1. The van der Waals surface area contributed by atoms with Crippen LogP contribution in [-0.4, -0.2) is 16.9 Å². The number of nitrogens with one attached hydrogen (secondary N) is 3. The van der Waals surface area contributed by atoms with Gasteiger partial charge in [0.15, 0.2) is 0 Å². The van der Waals surface area contributed by atoms with E-state index >= 15 is 0 Å². The van der Waals surface area contributed by atoms with Crippen LogP contribution < -0.4 is 16.0 Å². The number of carbonyl (C=O) groups excluding carboxylic acids is 2. The van der Waals surface area contributed by atoms with Gasteiger partial charge in [0.25, 0.3) is 5.91 Å². The molecule has 1 aliphatic rings. The Bertz CT molecular complexity index is 1050. The molecular weight excluding hydrogens is 400 g/mol. The zero-order valence-corrected chi connectivity index (χ0v) is 16.9. The Hall–Kier alpha value is -3.38. The van der Waals surface area contributed by atoms with Gasteiger partial charge in [-0.05, 0) is 59.9 Å². The lowest BCUT2D eigenvalue weighted by Gasteiger charge is -2.15. The fourth-order valence-electron chi connectivity index (χ4n) is 3.56. The second-order valence-corrected chi connectivity index (χ2v) is 7.52. The van der Waals surface area contributed by atoms with Crippen molar-refractivity contribution >= 4 is 29.2 Å². The third-order valence-corrected chi connectivity index (χ3v) is 5.48. The molecule has 0 spiro atoms. The first-order valence-corrected chi connectivity index (χ1v) is 10.1. The Morgan fingerprint density at radius 2 is 1.80 bits per heavy atom. The summed E-state index contributed by atoms with van der Waals surface area (Å²) in [6, 6.07) is 16.2. The number of amides is 3. The molecule has 1 aromatic heterocycles. The predicted molar refractivity (Wildman–Crippen MR) is 117 cm³/mol. The van der Waals surface area contributed by atoms with Crippen molar-refractivity contribution in [1.82, 2.24) is 15.6 Å². The molecule has 0 bridgehead atoms. The SMILES string of the molecule is O=C(NCc1ccc(NC(=O)c2ccncc2)cc1)NC1CCc2c(Cl)cccc21. The topological polar surface area (TPSA) is 83.1 Å². The van der Waals surface area contributed by atoms with E-state index < -0.39 is 0 Å². The summed E-state index contributed by atoms with van der Waals surface area (Å²) in [6.45, 7) is 0.388. The highest BCUT2D eigenvalue weighted by molar-refractivity contribution is 6.31. The minimum Gasteiger partial charge on any atom is -0.334 e. The number of carbonyl (C=O) groups is 2. The Kier molecular flexibility index (Phi) is 5.95. The van der Waals surface area contributed by atoms with Gasteiger partial charge in [-0.3, -0.25) is 9.78 Å². The largest absolute Gasteiger partial charge is 0.334 e. The molecule has 30 heavy (non-hydrogen) atoms. The van der Waals surface area contributed by atoms with E-state index in [0.717, 1.165) is 34.6 Å². The molecule has 0 radical (unpaired) electrons. The summed E-state index contributed by atoms with van der Waals surface area (Å²) in [5.41, 5.74) is 4.37. The minimum absolute atomic E-state index is 0.0236. The van der Waals surface area contributed by atoms with Gasteiger partial charge in [0.1, 0.15) is 0 Å². The van der Waals surface area contributed by atoms with Crippen molar-refractivity contribution in [3.8, 4) is 0 Å². The molecular formula is C23H21ClN4O2. The maximum Gasteiger partial charge on any atom is 0.315 e. The van der Waals surface area contributed by atoms with E-state index in [9.17, 15) is 9.59 Å². The summed E-state index contributed by atoms with van der Waals surface area (Å²) < 4.78 is 0. The number of urea groups is 1. The predicted octanol–water partition coefficient (Wildman–Crippen LogP) is 4.47. The second-order valence-electron chi connectivity index (χ2n) is 7.11. The Labute approximate surface area is 179 Å². The van der Waals surface area contributed by atoms with Crippen molar-refractivity contribution in [3.05, 3.63) is 94.3 Å². The molecule has 3 amide bonds. The highest BCUT2D eigenvalue weighted by Gasteiger charge is 2.25. The summed E-state index contributed by atoms with van der Waals surface area (Å²) in [7, 11) is 0. The molecule has 152 valence electrons. The van der Waals surface area contributed by atoms with Crippen LogP contribution >= 0.6 is 11.6 Å². The van der Waals surface area contributed by atoms with Gasteiger partial charge in [-0.15, -0.1) is 0 Å². The quantitative estimate of drug-likeness (QED) is 0.569. The number of hydrogen-bond acceptors (Lipinski definition) is 3. The Balaban J connectivity index is 1.28. The van der Waals surface area contributed by atoms with Crippen LogP contribution in [0.4, 0.5) is 10.5 Å². The highest BCUT2D eigenvalue weighted by atomic mass is 35.5. The number of fused-ring (bicyclic) bond motifs is 1. The van der Waals surface area contributed by atoms with Gasteiger partial charge in [-0.25, -0.2) is 4.79 Å². The lowest BCUT2D eigenvalue weighted by Crippen LogP contribution is -2.36. The third kappa shape index (κ3) is 4.60. The molecule has 1 heterocycles. The van der Waals surface area contributed by atoms with Crippen LogP contribution in [0.2, 0.25) is 5.02 Å². The molecule has 1 aliphatic carbocycles. The van der Waals surface area contributed by atoms with E-state index in [1.807, 2.05) is 42.5 Å². The van der Waals surface area contributed by atoms with Crippen molar-refractivity contribution in [2.75, 3.05) is 5.32 Å². The van der Waals surface area contributed by atoms with Crippen molar-refractivity contribution in [3.63, 3.8) is 0 Å². The van der Waals surface area contributed by atoms with Crippen LogP contribution in [0.1, 0.15) is 39.5 Å². The number of pyridine rings is 1. The number of halogens is 1. The molecule has 0 saturated heterocycles. The Morgan fingerprint density at radius 1 is 1.03 bits per heavy atom. The number of benzene rings is 2. The third-order valence-electron chi connectivity index (χ3n) is 5.13. The maximum atomic E-state index is 12.3. The minimum atomic E-state index is -0.220. The first-order valence-electron chi connectivity index (χ1n) is 9.72. The lowest BCUT2D eigenvalue weighted by molar-refractivity contribution is 0.102. The zero-order chi connectivity index (χ0) is 20.9. The molecule has 3 N–H and O–H groups in total. The van der Waals surface area contributed by atoms with Crippen LogP contribution in [0.3, 0.4) is 0 Å². The van der Waals surface area contributed by atoms with Crippen LogP contribution in [0, 0.1) is 0 Å². The first kappa shape index (κ1) is 19.9. The normalized spacial score (nSPS) is 14.6. The number of hydrogen-bond donors (Lipinski definition) is 3. The molecule has 1 unspecified atom stereocenters. The van der Waals surface area contributed by atoms with Crippen LogP contribution in [0.25, 0.3) is 0 Å². The zero-order valence-electron chi connectivity index (χ0n) is 16.2. The highest BCUT2D eigenvalue weighted by Crippen LogP contribution is 2.35. The first-order chi connectivity index (χ1) is 14.6. The van der Waals surface area contributed by atoms with Gasteiger partial charge in [0.2, 0.25) is 0 Å². The summed E-state index contributed by atoms with van der Waals surface area (Å²) >= 11 is 6.23. The van der Waals surface area contributed by atoms with Gasteiger partial charge in [0, 0.05) is 35.2 Å². The van der Waals surface area contributed by atoms with Gasteiger partial charge in [0.05, 0.1) is 6.04 Å². The summed E-state index contributed by atoms with van der Waals surface area (Å²) in [6.07, 6.45) is 4.87. The van der Waals surface area contributed by atoms with E-state index in [1.54, 1.807) is 24.5 Å². The molecule has 6 nitrogen and oxygen atoms in total. The maximum absolute atomic E-state index is 12.3. The molecule has 3 aromatic rings. The van der Waals surface area contributed by atoms with Crippen molar-refractivity contribution in [2.45, 2.75) is 25.4 Å². The number of anilines is 1. The molecule has 0 fully saturated rings. The van der Waals surface area contributed by atoms with E-state index in [0.29, 0.717) is 17.8 Å². The molecule has 4 rings (SSSR count). The average molecular weight is 421 g/mol. The lowest BCUT2D eigenvalue weighted by atomic mass is 10.1. The van der Waals surface area contributed by atoms with Gasteiger partial charge >= 0.3 is 6.03 Å². The summed E-state index contributed by atoms with van der Waals surface area (Å²) in [4.78, 5) is 28.4. The van der Waals surface area contributed by atoms with E-state index in [4.69, 9.17) is 11.6 Å². The second kappa shape index (κ2) is 8.97. The van der Waals surface area contributed by atoms with E-state index in [1.165, 1.54) is 0 Å². The molecule has 2 aromatic carbocycles. The standard InChI is InChI=1S/C23H21ClN4O2/c24-20-3-1-2-19-18(20)8-9-21(19)28-23(30)26-14-15-4-6-17(7-5-15)27-22(29)16-10-12-25-13-11-16/h1-7,10-13,21H,8-9,14H2,(H,27,29)(H2,26,28,30). The van der Waals surface area contributed by atoms with Gasteiger partial charge in [-0.1, -0.05) is 35.9 Å². The average Bonchev–Trinajstić information content (AvgIpc) is 3.18. The monoisotopic (exact) mass is 420 g/mol. The Morgan fingerprint density at radius 3 is 2.57 bits per heavy atom. The fourth-order valence-corrected chi connectivity index (χ4v) is 3.84. The fraction of sp³-hybridized carbons (Fsp3) is 0.174. The van der Waals surface area contributed by atoms with Crippen LogP contribution in [-0.2, 0) is 13.0 Å². The van der Waals surface area contributed by atoms with Crippen LogP contribution in [0.15, 0.2) is 67.0 Å².